The maximum Gasteiger partial charge on any atom is 0.253 e. The molecule has 7 nitrogen and oxygen atoms in total. The normalized spacial score (nSPS) is 19.0. The number of ether oxygens (including phenoxy) is 1. The Hall–Kier alpha value is -3.26. The second kappa shape index (κ2) is 7.53. The van der Waals surface area contributed by atoms with Gasteiger partial charge in [-0.25, -0.2) is 9.37 Å². The Morgan fingerprint density at radius 2 is 1.70 bits per heavy atom. The number of carbonyl (C=O) groups excluding carboxylic acids is 2. The monoisotopic (exact) mass is 409 g/mol. The molecule has 0 bridgehead atoms. The summed E-state index contributed by atoms with van der Waals surface area (Å²) in [6.07, 6.45) is 0.474. The molecule has 2 aromatic carbocycles. The van der Waals surface area contributed by atoms with Crippen molar-refractivity contribution in [2.45, 2.75) is 12.5 Å². The van der Waals surface area contributed by atoms with Gasteiger partial charge in [-0.3, -0.25) is 9.59 Å². The SMILES string of the molecule is O=C(c1ccc(-c2nc3ccc(F)cc3o2)cc1)N1CCN(C(=O)C2CCO2)CC1. The summed E-state index contributed by atoms with van der Waals surface area (Å²) in [6, 6.07) is 11.2. The zero-order valence-electron chi connectivity index (χ0n) is 16.2. The van der Waals surface area contributed by atoms with Gasteiger partial charge in [0.1, 0.15) is 17.4 Å². The first-order valence-electron chi connectivity index (χ1n) is 9.95. The number of carbonyl (C=O) groups is 2. The van der Waals surface area contributed by atoms with E-state index in [4.69, 9.17) is 9.15 Å². The minimum atomic E-state index is -0.381. The summed E-state index contributed by atoms with van der Waals surface area (Å²) in [5.74, 6) is -0.0582. The van der Waals surface area contributed by atoms with Crippen molar-refractivity contribution >= 4 is 22.9 Å². The molecule has 2 aliphatic rings. The van der Waals surface area contributed by atoms with Crippen LogP contribution in [0.1, 0.15) is 16.8 Å². The Bertz CT molecular complexity index is 1100. The minimum absolute atomic E-state index is 0.0240. The van der Waals surface area contributed by atoms with E-state index in [1.807, 2.05) is 0 Å². The number of halogens is 1. The van der Waals surface area contributed by atoms with Gasteiger partial charge in [0.25, 0.3) is 11.8 Å². The Labute approximate surface area is 172 Å². The molecular formula is C22H20FN3O4. The summed E-state index contributed by atoms with van der Waals surface area (Å²) in [5, 5.41) is 0. The third-order valence-corrected chi connectivity index (χ3v) is 5.58. The molecule has 154 valence electrons. The Morgan fingerprint density at radius 3 is 2.37 bits per heavy atom. The van der Waals surface area contributed by atoms with E-state index in [2.05, 4.69) is 4.98 Å². The molecule has 0 spiro atoms. The number of hydrogen-bond acceptors (Lipinski definition) is 5. The fourth-order valence-corrected chi connectivity index (χ4v) is 3.72. The molecule has 0 radical (unpaired) electrons. The van der Waals surface area contributed by atoms with Crippen LogP contribution in [0.15, 0.2) is 46.9 Å². The van der Waals surface area contributed by atoms with Gasteiger partial charge in [-0.1, -0.05) is 0 Å². The summed E-state index contributed by atoms with van der Waals surface area (Å²) >= 11 is 0. The second-order valence-electron chi connectivity index (χ2n) is 7.47. The first-order chi connectivity index (χ1) is 14.6. The summed E-state index contributed by atoms with van der Waals surface area (Å²) in [7, 11) is 0. The molecule has 1 unspecified atom stereocenters. The fourth-order valence-electron chi connectivity index (χ4n) is 3.72. The van der Waals surface area contributed by atoms with Crippen LogP contribution in [0.25, 0.3) is 22.6 Å². The quantitative estimate of drug-likeness (QED) is 0.665. The number of oxazole rings is 1. The number of piperazine rings is 1. The molecule has 0 saturated carbocycles. The molecule has 8 heteroatoms. The molecule has 2 amide bonds. The topological polar surface area (TPSA) is 75.9 Å². The van der Waals surface area contributed by atoms with Crippen LogP contribution in [0.4, 0.5) is 4.39 Å². The second-order valence-corrected chi connectivity index (χ2v) is 7.47. The van der Waals surface area contributed by atoms with Crippen LogP contribution in [-0.2, 0) is 9.53 Å². The molecule has 2 fully saturated rings. The van der Waals surface area contributed by atoms with Crippen molar-refractivity contribution in [1.29, 1.82) is 0 Å². The number of nitrogens with zero attached hydrogens (tertiary/aromatic N) is 3. The van der Waals surface area contributed by atoms with Crippen molar-refractivity contribution in [3.8, 4) is 11.5 Å². The van der Waals surface area contributed by atoms with Crippen LogP contribution < -0.4 is 0 Å². The van der Waals surface area contributed by atoms with Gasteiger partial charge in [-0.2, -0.15) is 0 Å². The maximum absolute atomic E-state index is 13.3. The average molecular weight is 409 g/mol. The fraction of sp³-hybridized carbons (Fsp3) is 0.318. The highest BCUT2D eigenvalue weighted by Crippen LogP contribution is 2.25. The van der Waals surface area contributed by atoms with Crippen LogP contribution in [0.5, 0.6) is 0 Å². The van der Waals surface area contributed by atoms with Crippen LogP contribution in [-0.4, -0.2) is 65.5 Å². The largest absolute Gasteiger partial charge is 0.436 e. The summed E-state index contributed by atoms with van der Waals surface area (Å²) in [6.45, 7) is 2.67. The van der Waals surface area contributed by atoms with E-state index in [0.29, 0.717) is 60.9 Å². The average Bonchev–Trinajstić information content (AvgIpc) is 3.15. The van der Waals surface area contributed by atoms with E-state index in [1.165, 1.54) is 12.1 Å². The zero-order chi connectivity index (χ0) is 20.7. The molecule has 2 saturated heterocycles. The Kier molecular flexibility index (Phi) is 4.71. The highest BCUT2D eigenvalue weighted by Gasteiger charge is 2.33. The number of amides is 2. The molecule has 0 N–H and O–H groups in total. The van der Waals surface area contributed by atoms with Gasteiger partial charge in [0.15, 0.2) is 5.58 Å². The van der Waals surface area contributed by atoms with Crippen LogP contribution in [0, 0.1) is 5.82 Å². The molecule has 5 rings (SSSR count). The Balaban J connectivity index is 1.25. The lowest BCUT2D eigenvalue weighted by Gasteiger charge is -2.38. The highest BCUT2D eigenvalue weighted by atomic mass is 19.1. The smallest absolute Gasteiger partial charge is 0.253 e. The van der Waals surface area contributed by atoms with Gasteiger partial charge in [0.2, 0.25) is 5.89 Å². The van der Waals surface area contributed by atoms with E-state index in [9.17, 15) is 14.0 Å². The van der Waals surface area contributed by atoms with Gasteiger partial charge in [-0.05, 0) is 36.4 Å². The van der Waals surface area contributed by atoms with Gasteiger partial charge >= 0.3 is 0 Å². The summed E-state index contributed by atoms with van der Waals surface area (Å²) in [5.41, 5.74) is 2.22. The van der Waals surface area contributed by atoms with Gasteiger partial charge in [0, 0.05) is 49.8 Å². The minimum Gasteiger partial charge on any atom is -0.436 e. The molecule has 3 aromatic rings. The van der Waals surface area contributed by atoms with Crippen molar-refractivity contribution < 1.29 is 23.1 Å². The van der Waals surface area contributed by atoms with Crippen molar-refractivity contribution in [1.82, 2.24) is 14.8 Å². The number of aromatic nitrogens is 1. The van der Waals surface area contributed by atoms with Crippen molar-refractivity contribution in [3.63, 3.8) is 0 Å². The number of rotatable bonds is 3. The van der Waals surface area contributed by atoms with Crippen LogP contribution >= 0.6 is 0 Å². The third kappa shape index (κ3) is 3.43. The maximum atomic E-state index is 13.3. The standard InChI is InChI=1S/C22H20FN3O4/c23-16-5-6-17-19(13-16)30-20(24-17)14-1-3-15(4-2-14)21(27)25-8-10-26(11-9-25)22(28)18-7-12-29-18/h1-6,13,18H,7-12H2. The number of fused-ring (bicyclic) bond motifs is 1. The molecule has 1 atom stereocenters. The van der Waals surface area contributed by atoms with E-state index in [-0.39, 0.29) is 23.7 Å². The van der Waals surface area contributed by atoms with Gasteiger partial charge in [0.05, 0.1) is 6.61 Å². The third-order valence-electron chi connectivity index (χ3n) is 5.58. The van der Waals surface area contributed by atoms with Gasteiger partial charge in [-0.15, -0.1) is 0 Å². The molecule has 3 heterocycles. The summed E-state index contributed by atoms with van der Waals surface area (Å²) in [4.78, 5) is 33.0. The predicted octanol–water partition coefficient (Wildman–Crippen LogP) is 2.71. The molecule has 2 aliphatic heterocycles. The first-order valence-corrected chi connectivity index (χ1v) is 9.95. The lowest BCUT2D eigenvalue weighted by molar-refractivity contribution is -0.157. The van der Waals surface area contributed by atoms with E-state index in [1.54, 1.807) is 40.1 Å². The number of hydrogen-bond donors (Lipinski definition) is 0. The molecular weight excluding hydrogens is 389 g/mol. The highest BCUT2D eigenvalue weighted by molar-refractivity contribution is 5.95. The Morgan fingerprint density at radius 1 is 1.00 bits per heavy atom. The molecule has 1 aromatic heterocycles. The first kappa shape index (κ1) is 18.7. The van der Waals surface area contributed by atoms with Crippen LogP contribution in [0.2, 0.25) is 0 Å². The summed E-state index contributed by atoms with van der Waals surface area (Å²) < 4.78 is 24.2. The predicted molar refractivity (Wildman–Crippen MR) is 106 cm³/mol. The number of benzene rings is 2. The van der Waals surface area contributed by atoms with Crippen LogP contribution in [0.3, 0.4) is 0 Å². The van der Waals surface area contributed by atoms with E-state index < -0.39 is 0 Å². The van der Waals surface area contributed by atoms with Gasteiger partial charge < -0.3 is 19.0 Å². The van der Waals surface area contributed by atoms with Crippen molar-refractivity contribution in [2.75, 3.05) is 32.8 Å². The zero-order valence-corrected chi connectivity index (χ0v) is 16.2. The molecule has 0 aliphatic carbocycles. The van der Waals surface area contributed by atoms with E-state index in [0.717, 1.165) is 6.42 Å². The van der Waals surface area contributed by atoms with Crippen molar-refractivity contribution in [2.24, 2.45) is 0 Å². The van der Waals surface area contributed by atoms with Crippen molar-refractivity contribution in [3.05, 3.63) is 53.8 Å². The van der Waals surface area contributed by atoms with E-state index >= 15 is 0 Å². The lowest BCUT2D eigenvalue weighted by Crippen LogP contribution is -2.54. The molecule has 30 heavy (non-hydrogen) atoms. The lowest BCUT2D eigenvalue weighted by atomic mass is 10.1.